The molecule has 1 aliphatic rings. The Morgan fingerprint density at radius 3 is 2.04 bits per heavy atom. The van der Waals surface area contributed by atoms with Crippen molar-refractivity contribution in [3.63, 3.8) is 0 Å². The predicted molar refractivity (Wildman–Crippen MR) is 186 cm³/mol. The standard InChI is InChI=1S/C37H57FN4O7/c1-4-5-6-7-8-9-10-11-12-13-14-15-20-33(44)49-25-32(43)30(24-27-21-22-39-34(27)45)41-35(46)31(23-26(2)3)42-37(48)36(47)40-29-19-17-16-18-28(29)38/h16-19,26-27,30-31H,4-15,20-25H2,1-3H3,(H,39,45)(H,40,47)(H,41,46)(H,42,48)/t27-,30-,31-/m0/s1. The second-order valence-electron chi connectivity index (χ2n) is 13.4. The maximum atomic E-state index is 14.0. The van der Waals surface area contributed by atoms with Gasteiger partial charge in [-0.1, -0.05) is 104 Å². The van der Waals surface area contributed by atoms with Gasteiger partial charge < -0.3 is 26.0 Å². The zero-order valence-corrected chi connectivity index (χ0v) is 29.6. The summed E-state index contributed by atoms with van der Waals surface area (Å²) in [4.78, 5) is 76.6. The second kappa shape index (κ2) is 23.5. The van der Waals surface area contributed by atoms with Crippen molar-refractivity contribution in [3.05, 3.63) is 30.1 Å². The topological polar surface area (TPSA) is 160 Å². The SMILES string of the molecule is CCCCCCCCCCCCCCC(=O)OCC(=O)[C@H](C[C@@H]1CCNC1=O)NC(=O)[C@H](CC(C)C)NC(=O)C(=O)Nc1ccccc1F. The summed E-state index contributed by atoms with van der Waals surface area (Å²) in [5.74, 6) is -5.74. The molecular weight excluding hydrogens is 631 g/mol. The van der Waals surface area contributed by atoms with E-state index >= 15 is 0 Å². The smallest absolute Gasteiger partial charge is 0.313 e. The molecule has 11 nitrogen and oxygen atoms in total. The molecule has 1 heterocycles. The number of nitrogens with one attached hydrogen (secondary N) is 4. The van der Waals surface area contributed by atoms with Gasteiger partial charge in [0, 0.05) is 18.9 Å². The highest BCUT2D eigenvalue weighted by Crippen LogP contribution is 2.18. The molecule has 1 aromatic carbocycles. The van der Waals surface area contributed by atoms with E-state index in [1.807, 2.05) is 13.8 Å². The molecule has 1 aliphatic heterocycles. The molecule has 3 atom stereocenters. The molecule has 274 valence electrons. The number of hydrogen-bond donors (Lipinski definition) is 4. The fraction of sp³-hybridized carbons (Fsp3) is 0.676. The number of benzene rings is 1. The van der Waals surface area contributed by atoms with Crippen LogP contribution < -0.4 is 21.3 Å². The van der Waals surface area contributed by atoms with Crippen LogP contribution in [-0.4, -0.2) is 60.6 Å². The number of amides is 4. The summed E-state index contributed by atoms with van der Waals surface area (Å²) in [6.07, 6.45) is 14.7. The highest BCUT2D eigenvalue weighted by atomic mass is 19.1. The van der Waals surface area contributed by atoms with Gasteiger partial charge >= 0.3 is 17.8 Å². The van der Waals surface area contributed by atoms with Gasteiger partial charge in [0.1, 0.15) is 11.9 Å². The summed E-state index contributed by atoms with van der Waals surface area (Å²) in [5, 5.41) is 9.89. The highest BCUT2D eigenvalue weighted by molar-refractivity contribution is 6.40. The van der Waals surface area contributed by atoms with E-state index in [4.69, 9.17) is 4.74 Å². The van der Waals surface area contributed by atoms with Crippen LogP contribution in [0.4, 0.5) is 10.1 Å². The van der Waals surface area contributed by atoms with Crippen molar-refractivity contribution in [1.82, 2.24) is 16.0 Å². The van der Waals surface area contributed by atoms with Crippen LogP contribution in [0.3, 0.4) is 0 Å². The average Bonchev–Trinajstić information content (AvgIpc) is 3.47. The van der Waals surface area contributed by atoms with E-state index in [0.717, 1.165) is 25.3 Å². The van der Waals surface area contributed by atoms with Crippen molar-refractivity contribution in [2.45, 2.75) is 136 Å². The Kier molecular flexibility index (Phi) is 19.8. The Labute approximate surface area is 290 Å². The van der Waals surface area contributed by atoms with Crippen molar-refractivity contribution < 1.29 is 37.9 Å². The first-order valence-electron chi connectivity index (χ1n) is 18.1. The van der Waals surface area contributed by atoms with Crippen LogP contribution in [0.1, 0.15) is 124 Å². The lowest BCUT2D eigenvalue weighted by atomic mass is 9.95. The first-order valence-corrected chi connectivity index (χ1v) is 18.1. The number of esters is 1. The molecule has 0 bridgehead atoms. The van der Waals surface area contributed by atoms with Crippen LogP contribution >= 0.6 is 0 Å². The third kappa shape index (κ3) is 16.9. The summed E-state index contributed by atoms with van der Waals surface area (Å²) in [7, 11) is 0. The maximum absolute atomic E-state index is 14.0. The van der Waals surface area contributed by atoms with E-state index in [9.17, 15) is 33.2 Å². The molecule has 1 saturated heterocycles. The zero-order valence-electron chi connectivity index (χ0n) is 29.6. The molecule has 0 aliphatic carbocycles. The van der Waals surface area contributed by atoms with Gasteiger partial charge in [-0.2, -0.15) is 0 Å². The number of ketones is 1. The fourth-order valence-electron chi connectivity index (χ4n) is 5.80. The number of rotatable bonds is 24. The number of anilines is 1. The molecular formula is C37H57FN4O7. The van der Waals surface area contributed by atoms with Crippen molar-refractivity contribution in [2.24, 2.45) is 11.8 Å². The van der Waals surface area contributed by atoms with Crippen molar-refractivity contribution in [3.8, 4) is 0 Å². The predicted octanol–water partition coefficient (Wildman–Crippen LogP) is 5.51. The van der Waals surface area contributed by atoms with E-state index < -0.39 is 59.9 Å². The van der Waals surface area contributed by atoms with Gasteiger partial charge in [-0.05, 0) is 43.7 Å². The normalized spacial score (nSPS) is 15.3. The molecule has 0 saturated carbocycles. The summed E-state index contributed by atoms with van der Waals surface area (Å²) >= 11 is 0. The quantitative estimate of drug-likeness (QED) is 0.0633. The maximum Gasteiger partial charge on any atom is 0.313 e. The largest absolute Gasteiger partial charge is 0.458 e. The number of Topliss-reactive ketones (excluding diaryl/α,β-unsaturated/α-hetero) is 1. The fourth-order valence-corrected chi connectivity index (χ4v) is 5.80. The first-order chi connectivity index (χ1) is 23.5. The van der Waals surface area contributed by atoms with Crippen LogP contribution in [0.5, 0.6) is 0 Å². The number of hydrogen-bond acceptors (Lipinski definition) is 7. The summed E-state index contributed by atoms with van der Waals surface area (Å²) in [5.41, 5.74) is -0.193. The molecule has 4 amide bonds. The van der Waals surface area contributed by atoms with Gasteiger partial charge in [-0.3, -0.25) is 28.8 Å². The Hall–Kier alpha value is -3.83. The molecule has 0 unspecified atom stereocenters. The number of unbranched alkanes of at least 4 members (excludes halogenated alkanes) is 11. The van der Waals surface area contributed by atoms with Gasteiger partial charge in [-0.25, -0.2) is 4.39 Å². The number of para-hydroxylation sites is 1. The van der Waals surface area contributed by atoms with Gasteiger partial charge in [-0.15, -0.1) is 0 Å². The van der Waals surface area contributed by atoms with E-state index in [2.05, 4.69) is 28.2 Å². The van der Waals surface area contributed by atoms with E-state index in [0.29, 0.717) is 19.4 Å². The zero-order chi connectivity index (χ0) is 36.0. The Bertz CT molecular complexity index is 1220. The van der Waals surface area contributed by atoms with Crippen molar-refractivity contribution in [2.75, 3.05) is 18.5 Å². The monoisotopic (exact) mass is 688 g/mol. The molecule has 49 heavy (non-hydrogen) atoms. The Morgan fingerprint density at radius 2 is 1.47 bits per heavy atom. The summed E-state index contributed by atoms with van der Waals surface area (Å²) in [6, 6.07) is 2.96. The van der Waals surface area contributed by atoms with Crippen LogP contribution in [-0.2, 0) is 33.5 Å². The van der Waals surface area contributed by atoms with E-state index in [-0.39, 0.29) is 36.8 Å². The number of halogens is 1. The van der Waals surface area contributed by atoms with E-state index in [1.165, 1.54) is 69.6 Å². The molecule has 2 rings (SSSR count). The van der Waals surface area contributed by atoms with E-state index in [1.54, 1.807) is 0 Å². The van der Waals surface area contributed by atoms with Crippen molar-refractivity contribution >= 4 is 41.1 Å². The molecule has 4 N–H and O–H groups in total. The van der Waals surface area contributed by atoms with Crippen LogP contribution in [0.2, 0.25) is 0 Å². The lowest BCUT2D eigenvalue weighted by Crippen LogP contribution is -2.54. The summed E-state index contributed by atoms with van der Waals surface area (Å²) < 4.78 is 19.2. The lowest BCUT2D eigenvalue weighted by Gasteiger charge is -2.25. The molecule has 1 fully saturated rings. The number of carbonyl (C=O) groups is 6. The minimum absolute atomic E-state index is 0.0111. The highest BCUT2D eigenvalue weighted by Gasteiger charge is 2.34. The van der Waals surface area contributed by atoms with Crippen molar-refractivity contribution in [1.29, 1.82) is 0 Å². The minimum Gasteiger partial charge on any atom is -0.458 e. The average molecular weight is 689 g/mol. The first kappa shape index (κ1) is 41.3. The van der Waals surface area contributed by atoms with Crippen LogP contribution in [0.25, 0.3) is 0 Å². The van der Waals surface area contributed by atoms with Gasteiger partial charge in [0.2, 0.25) is 11.8 Å². The molecule has 1 aromatic rings. The Morgan fingerprint density at radius 1 is 0.857 bits per heavy atom. The van der Waals surface area contributed by atoms with Crippen LogP contribution in [0.15, 0.2) is 24.3 Å². The molecule has 0 spiro atoms. The second-order valence-corrected chi connectivity index (χ2v) is 13.4. The van der Waals surface area contributed by atoms with Gasteiger partial charge in [0.05, 0.1) is 11.7 Å². The molecule has 0 radical (unpaired) electrons. The third-order valence-corrected chi connectivity index (χ3v) is 8.66. The molecule has 0 aromatic heterocycles. The summed E-state index contributed by atoms with van der Waals surface area (Å²) in [6.45, 7) is 5.72. The number of carbonyl (C=O) groups excluding carboxylic acids is 6. The molecule has 12 heteroatoms. The minimum atomic E-state index is -1.21. The van der Waals surface area contributed by atoms with Gasteiger partial charge in [0.25, 0.3) is 0 Å². The Balaban J connectivity index is 1.87. The lowest BCUT2D eigenvalue weighted by molar-refractivity contribution is -0.149. The van der Waals surface area contributed by atoms with Gasteiger partial charge in [0.15, 0.2) is 12.4 Å². The van der Waals surface area contributed by atoms with Crippen LogP contribution in [0, 0.1) is 17.7 Å². The third-order valence-electron chi connectivity index (χ3n) is 8.66. The number of ether oxygens (including phenoxy) is 1.